The van der Waals surface area contributed by atoms with Gasteiger partial charge in [-0.3, -0.25) is 4.79 Å². The minimum Gasteiger partial charge on any atom is -0.378 e. The van der Waals surface area contributed by atoms with Crippen LogP contribution in [0.15, 0.2) is 66.9 Å². The summed E-state index contributed by atoms with van der Waals surface area (Å²) in [6.45, 7) is 6.26. The van der Waals surface area contributed by atoms with E-state index in [9.17, 15) is 9.59 Å². The van der Waals surface area contributed by atoms with E-state index in [2.05, 4.69) is 32.6 Å². The van der Waals surface area contributed by atoms with Crippen molar-refractivity contribution in [3.8, 4) is 11.4 Å². The van der Waals surface area contributed by atoms with Crippen LogP contribution in [0.2, 0.25) is 0 Å². The maximum atomic E-state index is 12.9. The SMILES string of the molecule is CN1CCCN(C(=O)c2ccc(NC(=O)Nc3ccc(-c4nc(N5CCOCC5)c5cccn5n4)cc3)cc2)CC1. The molecule has 0 unspecified atom stereocenters. The number of hydrogen-bond donors (Lipinski definition) is 2. The van der Waals surface area contributed by atoms with Crippen molar-refractivity contribution in [1.29, 1.82) is 0 Å². The van der Waals surface area contributed by atoms with E-state index in [-0.39, 0.29) is 11.9 Å². The molecule has 2 N–H and O–H groups in total. The lowest BCUT2D eigenvalue weighted by atomic mass is 10.1. The van der Waals surface area contributed by atoms with Gasteiger partial charge in [0.1, 0.15) is 5.52 Å². The highest BCUT2D eigenvalue weighted by molar-refractivity contribution is 6.00. The molecule has 2 aromatic carbocycles. The van der Waals surface area contributed by atoms with Gasteiger partial charge in [-0.05, 0) is 80.7 Å². The molecule has 0 aliphatic carbocycles. The molecule has 41 heavy (non-hydrogen) atoms. The first-order valence-electron chi connectivity index (χ1n) is 14.0. The van der Waals surface area contributed by atoms with Crippen molar-refractivity contribution in [3.63, 3.8) is 0 Å². The second-order valence-corrected chi connectivity index (χ2v) is 10.4. The summed E-state index contributed by atoms with van der Waals surface area (Å²) in [6, 6.07) is 18.1. The van der Waals surface area contributed by atoms with E-state index in [0.717, 1.165) is 62.6 Å². The number of carbonyl (C=O) groups excluding carboxylic acids is 2. The van der Waals surface area contributed by atoms with Crippen LogP contribution in [0.3, 0.4) is 0 Å². The molecule has 2 aliphatic rings. The van der Waals surface area contributed by atoms with Crippen LogP contribution in [0, 0.1) is 0 Å². The van der Waals surface area contributed by atoms with Gasteiger partial charge >= 0.3 is 6.03 Å². The Hall–Kier alpha value is -4.48. The number of nitrogens with zero attached hydrogens (tertiary/aromatic N) is 6. The summed E-state index contributed by atoms with van der Waals surface area (Å²) in [6.07, 6.45) is 2.88. The number of urea groups is 1. The van der Waals surface area contributed by atoms with E-state index < -0.39 is 0 Å². The fourth-order valence-electron chi connectivity index (χ4n) is 5.17. The van der Waals surface area contributed by atoms with Gasteiger partial charge in [0, 0.05) is 61.4 Å². The highest BCUT2D eigenvalue weighted by Crippen LogP contribution is 2.25. The Balaban J connectivity index is 1.08. The zero-order valence-corrected chi connectivity index (χ0v) is 23.1. The van der Waals surface area contributed by atoms with Crippen LogP contribution in [0.1, 0.15) is 16.8 Å². The van der Waals surface area contributed by atoms with Gasteiger partial charge in [-0.15, -0.1) is 5.10 Å². The van der Waals surface area contributed by atoms with Gasteiger partial charge in [-0.2, -0.15) is 0 Å². The number of rotatable bonds is 5. The topological polar surface area (TPSA) is 107 Å². The summed E-state index contributed by atoms with van der Waals surface area (Å²) in [4.78, 5) is 36.8. The van der Waals surface area contributed by atoms with Crippen LogP contribution >= 0.6 is 0 Å². The number of fused-ring (bicyclic) bond motifs is 1. The Morgan fingerprint density at radius 3 is 2.27 bits per heavy atom. The third kappa shape index (κ3) is 6.16. The monoisotopic (exact) mass is 554 g/mol. The fraction of sp³-hybridized carbons (Fsp3) is 0.333. The van der Waals surface area contributed by atoms with Crippen LogP contribution < -0.4 is 15.5 Å². The molecule has 2 aromatic heterocycles. The summed E-state index contributed by atoms with van der Waals surface area (Å²) in [7, 11) is 2.08. The molecular weight excluding hydrogens is 520 g/mol. The molecule has 11 heteroatoms. The summed E-state index contributed by atoms with van der Waals surface area (Å²) < 4.78 is 7.35. The van der Waals surface area contributed by atoms with Gasteiger partial charge in [0.15, 0.2) is 11.6 Å². The minimum absolute atomic E-state index is 0.0216. The number of morpholine rings is 1. The third-order valence-electron chi connectivity index (χ3n) is 7.48. The lowest BCUT2D eigenvalue weighted by Gasteiger charge is -2.28. The molecule has 0 spiro atoms. The number of likely N-dealkylation sites (N-methyl/N-ethyl adjacent to an activating group) is 1. The zero-order valence-electron chi connectivity index (χ0n) is 23.1. The molecule has 0 radical (unpaired) electrons. The normalized spacial score (nSPS) is 16.4. The first-order valence-corrected chi connectivity index (χ1v) is 14.0. The van der Waals surface area contributed by atoms with E-state index >= 15 is 0 Å². The summed E-state index contributed by atoms with van der Waals surface area (Å²) >= 11 is 0. The number of amides is 3. The molecule has 0 atom stereocenters. The van der Waals surface area contributed by atoms with E-state index in [4.69, 9.17) is 9.72 Å². The van der Waals surface area contributed by atoms with Crippen molar-refractivity contribution in [1.82, 2.24) is 24.4 Å². The van der Waals surface area contributed by atoms with Gasteiger partial charge in [-0.25, -0.2) is 14.3 Å². The van der Waals surface area contributed by atoms with Crippen molar-refractivity contribution in [3.05, 3.63) is 72.4 Å². The smallest absolute Gasteiger partial charge is 0.323 e. The van der Waals surface area contributed by atoms with Gasteiger partial charge in [0.2, 0.25) is 0 Å². The molecule has 4 aromatic rings. The van der Waals surface area contributed by atoms with E-state index in [1.807, 2.05) is 52.0 Å². The van der Waals surface area contributed by atoms with Gasteiger partial charge in [0.25, 0.3) is 5.91 Å². The van der Waals surface area contributed by atoms with Crippen LogP contribution in [0.4, 0.5) is 22.0 Å². The Labute approximate surface area is 238 Å². The predicted octanol–water partition coefficient (Wildman–Crippen LogP) is 3.65. The molecule has 3 amide bonds. The van der Waals surface area contributed by atoms with Gasteiger partial charge in [-0.1, -0.05) is 0 Å². The average molecular weight is 555 g/mol. The Kier molecular flexibility index (Phi) is 7.79. The number of benzene rings is 2. The Morgan fingerprint density at radius 2 is 1.54 bits per heavy atom. The molecule has 0 saturated carbocycles. The lowest BCUT2D eigenvalue weighted by molar-refractivity contribution is 0.0763. The first-order chi connectivity index (χ1) is 20.0. The molecule has 0 bridgehead atoms. The number of ether oxygens (including phenoxy) is 1. The minimum atomic E-state index is -0.369. The number of nitrogens with one attached hydrogen (secondary N) is 2. The Morgan fingerprint density at radius 1 is 0.829 bits per heavy atom. The summed E-state index contributed by atoms with van der Waals surface area (Å²) in [5.41, 5.74) is 3.67. The number of anilines is 3. The summed E-state index contributed by atoms with van der Waals surface area (Å²) in [5, 5.41) is 10.4. The quantitative estimate of drug-likeness (QED) is 0.388. The molecule has 2 fully saturated rings. The van der Waals surface area contributed by atoms with Crippen molar-refractivity contribution < 1.29 is 14.3 Å². The van der Waals surface area contributed by atoms with Crippen molar-refractivity contribution in [2.24, 2.45) is 0 Å². The highest BCUT2D eigenvalue weighted by Gasteiger charge is 2.20. The van der Waals surface area contributed by atoms with Crippen molar-refractivity contribution >= 4 is 34.6 Å². The third-order valence-corrected chi connectivity index (χ3v) is 7.48. The number of aromatic nitrogens is 3. The zero-order chi connectivity index (χ0) is 28.2. The molecule has 4 heterocycles. The van der Waals surface area contributed by atoms with Gasteiger partial charge < -0.3 is 30.1 Å². The van der Waals surface area contributed by atoms with E-state index in [0.29, 0.717) is 36.0 Å². The fourth-order valence-corrected chi connectivity index (χ4v) is 5.17. The standard InChI is InChI=1S/C30H34N8O3/c1-35-13-3-14-37(17-16-35)29(39)23-7-11-25(12-8-23)32-30(40)31-24-9-5-22(6-10-24)27-33-28(36-18-20-41-21-19-36)26-4-2-15-38(26)34-27/h2,4-12,15H,3,13-14,16-21H2,1H3,(H2,31,32,40). The molecule has 212 valence electrons. The van der Waals surface area contributed by atoms with Crippen molar-refractivity contribution in [2.45, 2.75) is 6.42 Å². The second-order valence-electron chi connectivity index (χ2n) is 10.4. The Bertz CT molecular complexity index is 1510. The van der Waals surface area contributed by atoms with Crippen LogP contribution in [-0.4, -0.2) is 95.9 Å². The molecule has 2 aliphatic heterocycles. The lowest BCUT2D eigenvalue weighted by Crippen LogP contribution is -2.37. The van der Waals surface area contributed by atoms with E-state index in [1.165, 1.54) is 0 Å². The van der Waals surface area contributed by atoms with Crippen LogP contribution in [-0.2, 0) is 4.74 Å². The van der Waals surface area contributed by atoms with Crippen LogP contribution in [0.5, 0.6) is 0 Å². The molecule has 2 saturated heterocycles. The predicted molar refractivity (Wildman–Crippen MR) is 159 cm³/mol. The largest absolute Gasteiger partial charge is 0.378 e. The second kappa shape index (κ2) is 11.9. The van der Waals surface area contributed by atoms with Crippen LogP contribution in [0.25, 0.3) is 16.9 Å². The average Bonchev–Trinajstić information content (AvgIpc) is 3.37. The van der Waals surface area contributed by atoms with Gasteiger partial charge in [0.05, 0.1) is 13.2 Å². The van der Waals surface area contributed by atoms with E-state index in [1.54, 1.807) is 24.3 Å². The molecular formula is C30H34N8O3. The summed E-state index contributed by atoms with van der Waals surface area (Å²) in [5.74, 6) is 1.51. The van der Waals surface area contributed by atoms with Crippen molar-refractivity contribution in [2.75, 3.05) is 75.1 Å². The highest BCUT2D eigenvalue weighted by atomic mass is 16.5. The molecule has 6 rings (SSSR count). The number of hydrogen-bond acceptors (Lipinski definition) is 7. The maximum Gasteiger partial charge on any atom is 0.323 e. The number of carbonyl (C=O) groups is 2. The molecule has 11 nitrogen and oxygen atoms in total. The first kappa shape index (κ1) is 26.7. The maximum absolute atomic E-state index is 12.9.